The minimum Gasteiger partial charge on any atom is -0.379 e. The number of likely N-dealkylation sites (tertiary alicyclic amines) is 1. The second-order valence-electron chi connectivity index (χ2n) is 7.38. The quantitative estimate of drug-likeness (QED) is 0.768. The molecule has 0 aliphatic carbocycles. The number of hydrogen-bond acceptors (Lipinski definition) is 5. The maximum absolute atomic E-state index is 13.4. The molecule has 8 heteroatoms. The SMILES string of the molecule is O=C(c1ccccc1)N1CCCC(S(=O)(=O)N2CCO[C@@H]3COCC[C@@H]32)C1. The molecule has 3 saturated heterocycles. The predicted molar refractivity (Wildman–Crippen MR) is 100.0 cm³/mol. The number of ether oxygens (including phenoxy) is 2. The first-order valence-corrected chi connectivity index (χ1v) is 11.1. The second kappa shape index (κ2) is 7.87. The van der Waals surface area contributed by atoms with Crippen LogP contribution in [0, 0.1) is 0 Å². The summed E-state index contributed by atoms with van der Waals surface area (Å²) in [4.78, 5) is 14.4. The number of nitrogens with zero attached hydrogens (tertiary/aromatic N) is 2. The van der Waals surface area contributed by atoms with Crippen molar-refractivity contribution in [2.24, 2.45) is 0 Å². The molecule has 0 aromatic heterocycles. The molecular formula is C19H26N2O5S. The van der Waals surface area contributed by atoms with Gasteiger partial charge in [-0.05, 0) is 31.4 Å². The van der Waals surface area contributed by atoms with Crippen molar-refractivity contribution in [1.29, 1.82) is 0 Å². The Morgan fingerprint density at radius 2 is 1.89 bits per heavy atom. The highest BCUT2D eigenvalue weighted by Crippen LogP contribution is 2.29. The van der Waals surface area contributed by atoms with Crippen LogP contribution in [-0.2, 0) is 19.5 Å². The van der Waals surface area contributed by atoms with Gasteiger partial charge < -0.3 is 14.4 Å². The number of benzene rings is 1. The summed E-state index contributed by atoms with van der Waals surface area (Å²) in [5.74, 6) is -0.0959. The zero-order valence-electron chi connectivity index (χ0n) is 15.3. The fourth-order valence-corrected chi connectivity index (χ4v) is 6.45. The van der Waals surface area contributed by atoms with Gasteiger partial charge in [-0.1, -0.05) is 18.2 Å². The molecule has 148 valence electrons. The van der Waals surface area contributed by atoms with Crippen LogP contribution in [0.1, 0.15) is 29.6 Å². The van der Waals surface area contributed by atoms with E-state index >= 15 is 0 Å². The highest BCUT2D eigenvalue weighted by atomic mass is 32.2. The normalized spacial score (nSPS) is 29.9. The maximum atomic E-state index is 13.4. The average Bonchev–Trinajstić information content (AvgIpc) is 2.73. The summed E-state index contributed by atoms with van der Waals surface area (Å²) < 4.78 is 39.6. The molecule has 0 N–H and O–H groups in total. The Labute approximate surface area is 160 Å². The van der Waals surface area contributed by atoms with Crippen LogP contribution in [0.15, 0.2) is 30.3 Å². The average molecular weight is 394 g/mol. The van der Waals surface area contributed by atoms with Gasteiger partial charge in [-0.2, -0.15) is 4.31 Å². The Kier molecular flexibility index (Phi) is 5.50. The molecule has 1 aromatic carbocycles. The molecule has 3 aliphatic heterocycles. The molecule has 3 aliphatic rings. The van der Waals surface area contributed by atoms with Gasteiger partial charge >= 0.3 is 0 Å². The third-order valence-electron chi connectivity index (χ3n) is 5.72. The fraction of sp³-hybridized carbons (Fsp3) is 0.632. The smallest absolute Gasteiger partial charge is 0.253 e. The number of amides is 1. The zero-order valence-corrected chi connectivity index (χ0v) is 16.1. The summed E-state index contributed by atoms with van der Waals surface area (Å²) in [7, 11) is -3.50. The molecule has 3 atom stereocenters. The number of carbonyl (C=O) groups is 1. The molecule has 1 aromatic rings. The lowest BCUT2D eigenvalue weighted by atomic mass is 10.1. The van der Waals surface area contributed by atoms with Crippen molar-refractivity contribution >= 4 is 15.9 Å². The van der Waals surface area contributed by atoms with E-state index in [0.29, 0.717) is 57.7 Å². The zero-order chi connectivity index (χ0) is 18.9. The first kappa shape index (κ1) is 18.9. The van der Waals surface area contributed by atoms with E-state index in [-0.39, 0.29) is 24.6 Å². The van der Waals surface area contributed by atoms with E-state index in [1.54, 1.807) is 21.3 Å². The number of piperidine rings is 1. The topological polar surface area (TPSA) is 76.2 Å². The third-order valence-corrected chi connectivity index (χ3v) is 8.05. The van der Waals surface area contributed by atoms with Crippen LogP contribution in [0.4, 0.5) is 0 Å². The number of fused-ring (bicyclic) bond motifs is 1. The molecule has 1 amide bonds. The molecule has 0 saturated carbocycles. The Morgan fingerprint density at radius 3 is 2.70 bits per heavy atom. The Bertz CT molecular complexity index is 768. The molecule has 0 bridgehead atoms. The van der Waals surface area contributed by atoms with Crippen LogP contribution in [0.5, 0.6) is 0 Å². The molecule has 1 unspecified atom stereocenters. The van der Waals surface area contributed by atoms with E-state index in [9.17, 15) is 13.2 Å². The summed E-state index contributed by atoms with van der Waals surface area (Å²) in [5.41, 5.74) is 0.603. The molecule has 3 fully saturated rings. The van der Waals surface area contributed by atoms with Crippen LogP contribution >= 0.6 is 0 Å². The maximum Gasteiger partial charge on any atom is 0.253 e. The van der Waals surface area contributed by atoms with Gasteiger partial charge in [-0.15, -0.1) is 0 Å². The van der Waals surface area contributed by atoms with E-state index in [1.807, 2.05) is 18.2 Å². The predicted octanol–water partition coefficient (Wildman–Crippen LogP) is 1.11. The van der Waals surface area contributed by atoms with Gasteiger partial charge in [-0.25, -0.2) is 8.42 Å². The number of carbonyl (C=O) groups excluding carboxylic acids is 1. The molecule has 0 radical (unpaired) electrons. The van der Waals surface area contributed by atoms with Crippen molar-refractivity contribution in [2.45, 2.75) is 36.7 Å². The molecule has 3 heterocycles. The lowest BCUT2D eigenvalue weighted by molar-refractivity contribution is -0.114. The van der Waals surface area contributed by atoms with Crippen molar-refractivity contribution in [3.8, 4) is 0 Å². The largest absolute Gasteiger partial charge is 0.379 e. The fourth-order valence-electron chi connectivity index (χ4n) is 4.29. The van der Waals surface area contributed by atoms with Gasteiger partial charge in [0.05, 0.1) is 30.6 Å². The van der Waals surface area contributed by atoms with Gasteiger partial charge in [0, 0.05) is 31.8 Å². The van der Waals surface area contributed by atoms with E-state index in [0.717, 1.165) is 0 Å². The van der Waals surface area contributed by atoms with Gasteiger partial charge in [0.25, 0.3) is 5.91 Å². The number of morpholine rings is 1. The van der Waals surface area contributed by atoms with Crippen LogP contribution in [-0.4, -0.2) is 80.4 Å². The number of rotatable bonds is 3. The van der Waals surface area contributed by atoms with Crippen LogP contribution in [0.2, 0.25) is 0 Å². The summed E-state index contributed by atoms with van der Waals surface area (Å²) in [6, 6.07) is 8.90. The molecule has 27 heavy (non-hydrogen) atoms. The van der Waals surface area contributed by atoms with E-state index in [4.69, 9.17) is 9.47 Å². The minimum atomic E-state index is -3.50. The van der Waals surface area contributed by atoms with Crippen molar-refractivity contribution in [3.05, 3.63) is 35.9 Å². The van der Waals surface area contributed by atoms with Gasteiger partial charge in [0.1, 0.15) is 0 Å². The summed E-state index contributed by atoms with van der Waals surface area (Å²) in [5, 5.41) is -0.555. The summed E-state index contributed by atoms with van der Waals surface area (Å²) >= 11 is 0. The van der Waals surface area contributed by atoms with Crippen LogP contribution < -0.4 is 0 Å². The molecular weight excluding hydrogens is 368 g/mol. The lowest BCUT2D eigenvalue weighted by Gasteiger charge is -2.44. The number of sulfonamides is 1. The highest BCUT2D eigenvalue weighted by molar-refractivity contribution is 7.89. The van der Waals surface area contributed by atoms with Gasteiger partial charge in [-0.3, -0.25) is 4.79 Å². The van der Waals surface area contributed by atoms with E-state index in [1.165, 1.54) is 0 Å². The molecule has 0 spiro atoms. The van der Waals surface area contributed by atoms with Gasteiger partial charge in [0.2, 0.25) is 10.0 Å². The van der Waals surface area contributed by atoms with E-state index < -0.39 is 15.3 Å². The summed E-state index contributed by atoms with van der Waals surface area (Å²) in [6.45, 7) is 2.62. The second-order valence-corrected chi connectivity index (χ2v) is 9.54. The Morgan fingerprint density at radius 1 is 1.07 bits per heavy atom. The van der Waals surface area contributed by atoms with Crippen LogP contribution in [0.25, 0.3) is 0 Å². The summed E-state index contributed by atoms with van der Waals surface area (Å²) in [6.07, 6.45) is 1.76. The third kappa shape index (κ3) is 3.76. The Hall–Kier alpha value is -1.48. The highest BCUT2D eigenvalue weighted by Gasteiger charge is 2.45. The first-order valence-electron chi connectivity index (χ1n) is 9.61. The van der Waals surface area contributed by atoms with Gasteiger partial charge in [0.15, 0.2) is 0 Å². The molecule has 4 rings (SSSR count). The van der Waals surface area contributed by atoms with Crippen LogP contribution in [0.3, 0.4) is 0 Å². The van der Waals surface area contributed by atoms with Crippen molar-refractivity contribution in [2.75, 3.05) is 39.5 Å². The van der Waals surface area contributed by atoms with Crippen molar-refractivity contribution < 1.29 is 22.7 Å². The standard InChI is InChI=1S/C19H26N2O5S/c22-19(15-5-2-1-3-6-15)20-9-4-7-16(13-20)27(23,24)21-10-12-26-18-14-25-11-8-17(18)21/h1-3,5-6,16-18H,4,7-14H2/t16?,17-,18+/m0/s1. The first-order chi connectivity index (χ1) is 13.1. The monoisotopic (exact) mass is 394 g/mol. The number of hydrogen-bond donors (Lipinski definition) is 0. The van der Waals surface area contributed by atoms with Crippen molar-refractivity contribution in [1.82, 2.24) is 9.21 Å². The Balaban J connectivity index is 1.50. The minimum absolute atomic E-state index is 0.0959. The van der Waals surface area contributed by atoms with Crippen molar-refractivity contribution in [3.63, 3.8) is 0 Å². The van der Waals surface area contributed by atoms with E-state index in [2.05, 4.69) is 0 Å². The molecule has 7 nitrogen and oxygen atoms in total. The lowest BCUT2D eigenvalue weighted by Crippen LogP contribution is -2.60.